The van der Waals surface area contributed by atoms with Gasteiger partial charge in [0.15, 0.2) is 5.82 Å². The van der Waals surface area contributed by atoms with Gasteiger partial charge in [-0.3, -0.25) is 0 Å². The summed E-state index contributed by atoms with van der Waals surface area (Å²) in [7, 11) is 0. The third-order valence-corrected chi connectivity index (χ3v) is 3.59. The first-order valence-electron chi connectivity index (χ1n) is 6.28. The molecule has 0 saturated carbocycles. The average Bonchev–Trinajstić information content (AvgIpc) is 2.56. The Bertz CT molecular complexity index is 699. The Labute approximate surface area is 122 Å². The van der Waals surface area contributed by atoms with Crippen molar-refractivity contribution >= 4 is 11.8 Å². The molecule has 0 amide bonds. The molecule has 3 nitrogen and oxygen atoms in total. The Morgan fingerprint density at radius 1 is 0.750 bits per heavy atom. The molecule has 4 heteroatoms. The molecule has 0 fully saturated rings. The van der Waals surface area contributed by atoms with Crippen molar-refractivity contribution in [2.45, 2.75) is 5.03 Å². The summed E-state index contributed by atoms with van der Waals surface area (Å²) in [5.74, 6) is 0.655. The maximum absolute atomic E-state index is 4.69. The average molecular weight is 279 g/mol. The van der Waals surface area contributed by atoms with Crippen molar-refractivity contribution in [3.63, 3.8) is 0 Å². The third-order valence-electron chi connectivity index (χ3n) is 2.93. The normalized spacial score (nSPS) is 10.4. The fourth-order valence-corrected chi connectivity index (χ4v) is 2.43. The zero-order valence-electron chi connectivity index (χ0n) is 11.0. The fourth-order valence-electron chi connectivity index (χ4n) is 1.95. The smallest absolute Gasteiger partial charge is 0.182 e. The standard InChI is InChI=1S/C16H13N3S/c1-20-16-14(12-8-4-2-5-9-12)17-15(18-19-16)13-10-6-3-7-11-13/h2-11H,1H3. The summed E-state index contributed by atoms with van der Waals surface area (Å²) >= 11 is 1.56. The first-order valence-corrected chi connectivity index (χ1v) is 7.50. The van der Waals surface area contributed by atoms with Crippen LogP contribution in [0.3, 0.4) is 0 Å². The van der Waals surface area contributed by atoms with Gasteiger partial charge in [0.25, 0.3) is 0 Å². The van der Waals surface area contributed by atoms with E-state index in [0.29, 0.717) is 5.82 Å². The summed E-state index contributed by atoms with van der Waals surface area (Å²) in [6.45, 7) is 0. The van der Waals surface area contributed by atoms with E-state index in [1.165, 1.54) is 0 Å². The molecule has 3 aromatic rings. The van der Waals surface area contributed by atoms with Crippen LogP contribution in [0.1, 0.15) is 0 Å². The van der Waals surface area contributed by atoms with E-state index in [1.807, 2.05) is 66.9 Å². The molecular weight excluding hydrogens is 266 g/mol. The molecule has 0 aliphatic heterocycles. The maximum atomic E-state index is 4.69. The Balaban J connectivity index is 2.13. The molecule has 0 spiro atoms. The summed E-state index contributed by atoms with van der Waals surface area (Å²) in [5, 5.41) is 9.37. The number of thioether (sulfide) groups is 1. The molecule has 0 radical (unpaired) electrons. The lowest BCUT2D eigenvalue weighted by Crippen LogP contribution is -1.98. The monoisotopic (exact) mass is 279 g/mol. The fraction of sp³-hybridized carbons (Fsp3) is 0.0625. The highest BCUT2D eigenvalue weighted by Crippen LogP contribution is 2.27. The molecule has 2 aromatic carbocycles. The second kappa shape index (κ2) is 5.84. The molecule has 0 saturated heterocycles. The summed E-state index contributed by atoms with van der Waals surface area (Å²) in [6.07, 6.45) is 1.99. The van der Waals surface area contributed by atoms with Crippen LogP contribution in [0.4, 0.5) is 0 Å². The van der Waals surface area contributed by atoms with Gasteiger partial charge in [0.2, 0.25) is 0 Å². The third kappa shape index (κ3) is 2.56. The molecule has 1 aromatic heterocycles. The molecule has 3 rings (SSSR count). The zero-order chi connectivity index (χ0) is 13.8. The molecule has 98 valence electrons. The van der Waals surface area contributed by atoms with E-state index in [0.717, 1.165) is 21.8 Å². The Kier molecular flexibility index (Phi) is 3.74. The lowest BCUT2D eigenvalue weighted by molar-refractivity contribution is 0.894. The Morgan fingerprint density at radius 3 is 1.95 bits per heavy atom. The van der Waals surface area contributed by atoms with Crippen LogP contribution in [0.25, 0.3) is 22.6 Å². The molecule has 0 unspecified atom stereocenters. The van der Waals surface area contributed by atoms with Gasteiger partial charge in [0.1, 0.15) is 10.7 Å². The van der Waals surface area contributed by atoms with Crippen molar-refractivity contribution in [2.75, 3.05) is 6.26 Å². The topological polar surface area (TPSA) is 38.7 Å². The molecule has 0 bridgehead atoms. The van der Waals surface area contributed by atoms with Gasteiger partial charge < -0.3 is 0 Å². The molecule has 0 aliphatic carbocycles. The van der Waals surface area contributed by atoms with E-state index in [-0.39, 0.29) is 0 Å². The zero-order valence-corrected chi connectivity index (χ0v) is 11.8. The highest BCUT2D eigenvalue weighted by molar-refractivity contribution is 7.98. The van der Waals surface area contributed by atoms with E-state index in [4.69, 9.17) is 0 Å². The molecule has 0 N–H and O–H groups in total. The van der Waals surface area contributed by atoms with Crippen molar-refractivity contribution in [2.24, 2.45) is 0 Å². The minimum Gasteiger partial charge on any atom is -0.224 e. The Hall–Kier alpha value is -2.20. The van der Waals surface area contributed by atoms with Gasteiger partial charge in [-0.2, -0.15) is 0 Å². The van der Waals surface area contributed by atoms with Gasteiger partial charge in [-0.05, 0) is 6.26 Å². The highest BCUT2D eigenvalue weighted by Gasteiger charge is 2.11. The van der Waals surface area contributed by atoms with E-state index in [1.54, 1.807) is 11.8 Å². The van der Waals surface area contributed by atoms with Crippen LogP contribution < -0.4 is 0 Å². The first kappa shape index (κ1) is 12.8. The number of aromatic nitrogens is 3. The lowest BCUT2D eigenvalue weighted by atomic mass is 10.1. The van der Waals surface area contributed by atoms with Gasteiger partial charge in [-0.1, -0.05) is 60.7 Å². The van der Waals surface area contributed by atoms with Gasteiger partial charge in [0, 0.05) is 11.1 Å². The van der Waals surface area contributed by atoms with E-state index in [2.05, 4.69) is 15.2 Å². The quantitative estimate of drug-likeness (QED) is 0.681. The molecular formula is C16H13N3S. The molecule has 0 atom stereocenters. The Morgan fingerprint density at radius 2 is 1.35 bits per heavy atom. The number of rotatable bonds is 3. The first-order chi connectivity index (χ1) is 9.88. The molecule has 0 aliphatic rings. The maximum Gasteiger partial charge on any atom is 0.182 e. The van der Waals surface area contributed by atoms with Crippen LogP contribution in [-0.2, 0) is 0 Å². The van der Waals surface area contributed by atoms with Crippen LogP contribution in [-0.4, -0.2) is 21.4 Å². The number of hydrogen-bond acceptors (Lipinski definition) is 4. The van der Waals surface area contributed by atoms with Crippen LogP contribution in [0.5, 0.6) is 0 Å². The molecule has 1 heterocycles. The second-order valence-electron chi connectivity index (χ2n) is 4.23. The SMILES string of the molecule is CSc1nnc(-c2ccccc2)nc1-c1ccccc1. The van der Waals surface area contributed by atoms with Gasteiger partial charge in [-0.25, -0.2) is 4.98 Å². The predicted molar refractivity (Wildman–Crippen MR) is 82.5 cm³/mol. The van der Waals surface area contributed by atoms with Crippen molar-refractivity contribution in [1.82, 2.24) is 15.2 Å². The number of hydrogen-bond donors (Lipinski definition) is 0. The van der Waals surface area contributed by atoms with Gasteiger partial charge >= 0.3 is 0 Å². The van der Waals surface area contributed by atoms with E-state index in [9.17, 15) is 0 Å². The van der Waals surface area contributed by atoms with Gasteiger partial charge in [0.05, 0.1) is 0 Å². The van der Waals surface area contributed by atoms with Crippen molar-refractivity contribution in [3.8, 4) is 22.6 Å². The second-order valence-corrected chi connectivity index (χ2v) is 5.02. The minimum absolute atomic E-state index is 0.655. The minimum atomic E-state index is 0.655. The largest absolute Gasteiger partial charge is 0.224 e. The van der Waals surface area contributed by atoms with Crippen LogP contribution in [0.15, 0.2) is 65.7 Å². The summed E-state index contributed by atoms with van der Waals surface area (Å²) in [4.78, 5) is 4.69. The van der Waals surface area contributed by atoms with E-state index < -0.39 is 0 Å². The summed E-state index contributed by atoms with van der Waals surface area (Å²) in [6, 6.07) is 20.0. The highest BCUT2D eigenvalue weighted by atomic mass is 32.2. The van der Waals surface area contributed by atoms with Gasteiger partial charge in [-0.15, -0.1) is 22.0 Å². The van der Waals surface area contributed by atoms with E-state index >= 15 is 0 Å². The van der Waals surface area contributed by atoms with Crippen molar-refractivity contribution in [1.29, 1.82) is 0 Å². The number of nitrogens with zero attached hydrogens (tertiary/aromatic N) is 3. The predicted octanol–water partition coefficient (Wildman–Crippen LogP) is 3.93. The van der Waals surface area contributed by atoms with Crippen molar-refractivity contribution < 1.29 is 0 Å². The molecule has 20 heavy (non-hydrogen) atoms. The summed E-state index contributed by atoms with van der Waals surface area (Å²) in [5.41, 5.74) is 2.92. The van der Waals surface area contributed by atoms with Crippen LogP contribution in [0, 0.1) is 0 Å². The number of benzene rings is 2. The van der Waals surface area contributed by atoms with Crippen LogP contribution in [0.2, 0.25) is 0 Å². The lowest BCUT2D eigenvalue weighted by Gasteiger charge is -2.07. The van der Waals surface area contributed by atoms with Crippen molar-refractivity contribution in [3.05, 3.63) is 60.7 Å². The summed E-state index contributed by atoms with van der Waals surface area (Å²) < 4.78 is 0. The van der Waals surface area contributed by atoms with Crippen LogP contribution >= 0.6 is 11.8 Å².